The maximum atomic E-state index is 12.1. The van der Waals surface area contributed by atoms with E-state index >= 15 is 0 Å². The summed E-state index contributed by atoms with van der Waals surface area (Å²) in [4.78, 5) is 17.1. The minimum atomic E-state index is -0.255. The molecule has 2 unspecified atom stereocenters. The number of dihydropyridines is 1. The molecule has 1 aliphatic heterocycles. The first kappa shape index (κ1) is 15.4. The number of aliphatic imine (C=N–C) groups is 1. The molecule has 1 fully saturated rings. The molecule has 0 radical (unpaired) electrons. The van der Waals surface area contributed by atoms with Crippen LogP contribution in [-0.2, 0) is 4.74 Å². The van der Waals surface area contributed by atoms with E-state index in [9.17, 15) is 4.79 Å². The molecule has 1 saturated carbocycles. The molecule has 1 heterocycles. The number of nitrogens with zero attached hydrogens (tertiary/aromatic N) is 1. The molecule has 1 aromatic rings. The van der Waals surface area contributed by atoms with Crippen LogP contribution < -0.4 is 0 Å². The normalized spacial score (nSPS) is 26.4. The minimum absolute atomic E-state index is 0.105. The van der Waals surface area contributed by atoms with Crippen LogP contribution in [0.3, 0.4) is 0 Å². The predicted octanol–water partition coefficient (Wildman–Crippen LogP) is 4.54. The topological polar surface area (TPSA) is 38.7 Å². The molecule has 24 heavy (non-hydrogen) atoms. The molecular weight excluding hydrogens is 298 g/mol. The Morgan fingerprint density at radius 1 is 1.29 bits per heavy atom. The molecule has 0 spiro atoms. The first-order valence-corrected chi connectivity index (χ1v) is 8.59. The second-order valence-electron chi connectivity index (χ2n) is 7.68. The smallest absolute Gasteiger partial charge is 0.338 e. The molecule has 3 aliphatic rings. The van der Waals surface area contributed by atoms with Gasteiger partial charge in [0.1, 0.15) is 0 Å². The molecule has 2 aliphatic carbocycles. The summed E-state index contributed by atoms with van der Waals surface area (Å²) in [5.41, 5.74) is 7.01. The van der Waals surface area contributed by atoms with Crippen LogP contribution in [0.25, 0.3) is 6.08 Å². The Hall–Kier alpha value is -2.16. The standard InChI is InChI=1S/C21H23NO2/c1-12-11-21(2,3)22-19-9-13-8-18-14(17(13)10-16(12)19)6-5-7-15(18)20(23)24-4/h5-8,11,16-17H,9-10H2,1-4H3. The van der Waals surface area contributed by atoms with E-state index in [0.717, 1.165) is 18.4 Å². The van der Waals surface area contributed by atoms with Crippen molar-refractivity contribution >= 4 is 17.8 Å². The van der Waals surface area contributed by atoms with Crippen LogP contribution in [0.2, 0.25) is 0 Å². The lowest BCUT2D eigenvalue weighted by atomic mass is 9.71. The monoisotopic (exact) mass is 321 g/mol. The molecule has 0 N–H and O–H groups in total. The Kier molecular flexibility index (Phi) is 3.31. The molecular formula is C21H23NO2. The number of methoxy groups -OCH3 is 1. The van der Waals surface area contributed by atoms with Gasteiger partial charge in [-0.2, -0.15) is 0 Å². The quantitative estimate of drug-likeness (QED) is 0.562. The Labute approximate surface area is 143 Å². The van der Waals surface area contributed by atoms with E-state index in [4.69, 9.17) is 9.73 Å². The van der Waals surface area contributed by atoms with Crippen molar-refractivity contribution in [3.63, 3.8) is 0 Å². The van der Waals surface area contributed by atoms with Crippen molar-refractivity contribution in [2.75, 3.05) is 7.11 Å². The maximum Gasteiger partial charge on any atom is 0.338 e. The van der Waals surface area contributed by atoms with E-state index < -0.39 is 0 Å². The largest absolute Gasteiger partial charge is 0.465 e. The number of ether oxygens (including phenoxy) is 1. The second-order valence-corrected chi connectivity index (χ2v) is 7.68. The highest BCUT2D eigenvalue weighted by molar-refractivity contribution is 5.99. The SMILES string of the molecule is COC(=O)c1cccc2c1C=C1CC3=NC(C)(C)C=C(C)C3CC12. The van der Waals surface area contributed by atoms with Crippen molar-refractivity contribution < 1.29 is 9.53 Å². The van der Waals surface area contributed by atoms with Gasteiger partial charge in [-0.25, -0.2) is 4.79 Å². The van der Waals surface area contributed by atoms with Crippen molar-refractivity contribution in [2.24, 2.45) is 10.9 Å². The van der Waals surface area contributed by atoms with E-state index in [-0.39, 0.29) is 11.5 Å². The van der Waals surface area contributed by atoms with E-state index in [0.29, 0.717) is 17.4 Å². The van der Waals surface area contributed by atoms with Gasteiger partial charge in [0.15, 0.2) is 0 Å². The van der Waals surface area contributed by atoms with Gasteiger partial charge >= 0.3 is 5.97 Å². The van der Waals surface area contributed by atoms with E-state index in [2.05, 4.69) is 39.0 Å². The lowest BCUT2D eigenvalue weighted by Gasteiger charge is -2.37. The first-order chi connectivity index (χ1) is 11.4. The third kappa shape index (κ3) is 2.26. The van der Waals surface area contributed by atoms with Crippen LogP contribution in [0.4, 0.5) is 0 Å². The van der Waals surface area contributed by atoms with Crippen molar-refractivity contribution in [3.05, 3.63) is 52.1 Å². The molecule has 124 valence electrons. The number of esters is 1. The summed E-state index contributed by atoms with van der Waals surface area (Å²) < 4.78 is 4.95. The van der Waals surface area contributed by atoms with Crippen LogP contribution in [-0.4, -0.2) is 24.3 Å². The highest BCUT2D eigenvalue weighted by atomic mass is 16.5. The number of fused-ring (bicyclic) bond motifs is 4. The first-order valence-electron chi connectivity index (χ1n) is 8.59. The lowest BCUT2D eigenvalue weighted by Crippen LogP contribution is -2.33. The molecule has 0 saturated heterocycles. The van der Waals surface area contributed by atoms with Gasteiger partial charge in [-0.15, -0.1) is 0 Å². The summed E-state index contributed by atoms with van der Waals surface area (Å²) in [6.45, 7) is 6.56. The fraction of sp³-hybridized carbons (Fsp3) is 0.429. The predicted molar refractivity (Wildman–Crippen MR) is 96.5 cm³/mol. The average Bonchev–Trinajstić information content (AvgIpc) is 2.88. The van der Waals surface area contributed by atoms with Crippen LogP contribution >= 0.6 is 0 Å². The van der Waals surface area contributed by atoms with Gasteiger partial charge in [0, 0.05) is 24.0 Å². The van der Waals surface area contributed by atoms with Gasteiger partial charge < -0.3 is 4.74 Å². The van der Waals surface area contributed by atoms with Crippen LogP contribution in [0.1, 0.15) is 61.0 Å². The minimum Gasteiger partial charge on any atom is -0.465 e. The van der Waals surface area contributed by atoms with Gasteiger partial charge in [0.25, 0.3) is 0 Å². The number of carbonyl (C=O) groups is 1. The number of allylic oxidation sites excluding steroid dienone is 2. The van der Waals surface area contributed by atoms with Crippen LogP contribution in [0, 0.1) is 5.92 Å². The second kappa shape index (κ2) is 5.17. The molecule has 1 aromatic carbocycles. The lowest BCUT2D eigenvalue weighted by molar-refractivity contribution is 0.0600. The van der Waals surface area contributed by atoms with Crippen molar-refractivity contribution in [1.29, 1.82) is 0 Å². The number of rotatable bonds is 1. The number of benzene rings is 1. The van der Waals surface area contributed by atoms with Gasteiger partial charge in [0.2, 0.25) is 0 Å². The molecule has 0 bridgehead atoms. The Bertz CT molecular complexity index is 826. The summed E-state index contributed by atoms with van der Waals surface area (Å²) in [5, 5.41) is 0. The summed E-state index contributed by atoms with van der Waals surface area (Å²) in [5.74, 6) is 0.584. The van der Waals surface area contributed by atoms with Crippen molar-refractivity contribution in [2.45, 2.75) is 45.1 Å². The average molecular weight is 321 g/mol. The fourth-order valence-corrected chi connectivity index (χ4v) is 4.60. The van der Waals surface area contributed by atoms with E-state index in [1.807, 2.05) is 12.1 Å². The zero-order valence-corrected chi connectivity index (χ0v) is 14.7. The molecule has 2 atom stereocenters. The van der Waals surface area contributed by atoms with Gasteiger partial charge in [0.05, 0.1) is 18.2 Å². The summed E-state index contributed by atoms with van der Waals surface area (Å²) in [6.07, 6.45) is 6.47. The third-order valence-corrected chi connectivity index (χ3v) is 5.52. The summed E-state index contributed by atoms with van der Waals surface area (Å²) >= 11 is 0. The van der Waals surface area contributed by atoms with Crippen molar-refractivity contribution in [1.82, 2.24) is 0 Å². The summed E-state index contributed by atoms with van der Waals surface area (Å²) in [6, 6.07) is 5.99. The molecule has 3 nitrogen and oxygen atoms in total. The highest BCUT2D eigenvalue weighted by Crippen LogP contribution is 2.49. The van der Waals surface area contributed by atoms with Gasteiger partial charge in [-0.1, -0.05) is 35.4 Å². The van der Waals surface area contributed by atoms with Crippen LogP contribution in [0.5, 0.6) is 0 Å². The van der Waals surface area contributed by atoms with E-state index in [1.165, 1.54) is 29.5 Å². The molecule has 0 amide bonds. The molecule has 3 heteroatoms. The Morgan fingerprint density at radius 2 is 2.08 bits per heavy atom. The van der Waals surface area contributed by atoms with E-state index in [1.54, 1.807) is 0 Å². The molecule has 0 aromatic heterocycles. The van der Waals surface area contributed by atoms with Crippen molar-refractivity contribution in [3.8, 4) is 0 Å². The fourth-order valence-electron chi connectivity index (χ4n) is 4.60. The third-order valence-electron chi connectivity index (χ3n) is 5.52. The Morgan fingerprint density at radius 3 is 2.83 bits per heavy atom. The zero-order valence-electron chi connectivity index (χ0n) is 14.7. The Balaban J connectivity index is 1.77. The number of hydrogen-bond donors (Lipinski definition) is 0. The maximum absolute atomic E-state index is 12.1. The summed E-state index contributed by atoms with van der Waals surface area (Å²) in [7, 11) is 1.44. The van der Waals surface area contributed by atoms with Gasteiger partial charge in [-0.3, -0.25) is 4.99 Å². The molecule has 4 rings (SSSR count). The highest BCUT2D eigenvalue weighted by Gasteiger charge is 2.39. The van der Waals surface area contributed by atoms with Gasteiger partial charge in [-0.05, 0) is 44.4 Å². The zero-order chi connectivity index (χ0) is 17.1. The number of hydrogen-bond acceptors (Lipinski definition) is 3. The van der Waals surface area contributed by atoms with Crippen LogP contribution in [0.15, 0.2) is 40.4 Å². The number of carbonyl (C=O) groups excluding carboxylic acids is 1.